The summed E-state index contributed by atoms with van der Waals surface area (Å²) in [7, 11) is 0. The summed E-state index contributed by atoms with van der Waals surface area (Å²) in [5.41, 5.74) is 5.04. The lowest BCUT2D eigenvalue weighted by molar-refractivity contribution is 0.0614. The van der Waals surface area contributed by atoms with Crippen LogP contribution in [0.15, 0.2) is 43.5 Å². The molecule has 0 saturated heterocycles. The summed E-state index contributed by atoms with van der Waals surface area (Å²) < 4.78 is 0. The van der Waals surface area contributed by atoms with Crippen molar-refractivity contribution >= 4 is 0 Å². The van der Waals surface area contributed by atoms with Crippen LogP contribution >= 0.6 is 0 Å². The fourth-order valence-electron chi connectivity index (χ4n) is 5.39. The van der Waals surface area contributed by atoms with E-state index in [2.05, 4.69) is 51.3 Å². The zero-order chi connectivity index (χ0) is 16.4. The van der Waals surface area contributed by atoms with Gasteiger partial charge in [0.2, 0.25) is 0 Å². The van der Waals surface area contributed by atoms with Crippen molar-refractivity contribution in [2.75, 3.05) is 0 Å². The third-order valence-electron chi connectivity index (χ3n) is 6.67. The maximum Gasteiger partial charge on any atom is -0.0100 e. The van der Waals surface area contributed by atoms with E-state index < -0.39 is 0 Å². The molecule has 2 aliphatic carbocycles. The van der Waals surface area contributed by atoms with Crippen molar-refractivity contribution < 1.29 is 0 Å². The first-order chi connectivity index (χ1) is 11.1. The highest BCUT2D eigenvalue weighted by Gasteiger charge is 2.46. The lowest BCUT2D eigenvalue weighted by atomic mass is 9.53. The topological polar surface area (TPSA) is 0 Å². The van der Waals surface area contributed by atoms with E-state index in [1.54, 1.807) is 11.1 Å². The SMILES string of the molecule is C=CCc1ccc2c(c1)CCC1C2CCC(C)(C=C)C1CCC. The first-order valence-electron chi connectivity index (χ1n) is 9.49. The van der Waals surface area contributed by atoms with Crippen LogP contribution in [-0.4, -0.2) is 0 Å². The van der Waals surface area contributed by atoms with Gasteiger partial charge >= 0.3 is 0 Å². The van der Waals surface area contributed by atoms with Gasteiger partial charge in [-0.15, -0.1) is 13.2 Å². The molecule has 23 heavy (non-hydrogen) atoms. The van der Waals surface area contributed by atoms with Crippen molar-refractivity contribution in [2.24, 2.45) is 17.3 Å². The van der Waals surface area contributed by atoms with Crippen molar-refractivity contribution in [3.8, 4) is 0 Å². The zero-order valence-corrected chi connectivity index (χ0v) is 15.0. The minimum Gasteiger partial charge on any atom is -0.103 e. The van der Waals surface area contributed by atoms with Crippen LogP contribution in [0, 0.1) is 17.3 Å². The Labute approximate surface area is 142 Å². The molecule has 1 fully saturated rings. The first-order valence-corrected chi connectivity index (χ1v) is 9.49. The molecule has 0 heterocycles. The van der Waals surface area contributed by atoms with Gasteiger partial charge in [-0.2, -0.15) is 0 Å². The van der Waals surface area contributed by atoms with Crippen LogP contribution < -0.4 is 0 Å². The zero-order valence-electron chi connectivity index (χ0n) is 15.0. The van der Waals surface area contributed by atoms with E-state index in [1.165, 1.54) is 44.1 Å². The molecule has 0 nitrogen and oxygen atoms in total. The molecule has 1 saturated carbocycles. The van der Waals surface area contributed by atoms with E-state index in [1.807, 2.05) is 6.08 Å². The molecule has 3 rings (SSSR count). The largest absolute Gasteiger partial charge is 0.103 e. The smallest absolute Gasteiger partial charge is 0.0100 e. The Morgan fingerprint density at radius 2 is 2.09 bits per heavy atom. The van der Waals surface area contributed by atoms with Gasteiger partial charge in [0.1, 0.15) is 0 Å². The monoisotopic (exact) mass is 308 g/mol. The Kier molecular flexibility index (Phi) is 4.80. The standard InChI is InChI=1S/C23H32/c1-5-8-17-10-12-19-18(16-17)11-13-21-20(19)14-15-23(4,7-3)22(21)9-6-2/h5,7,10,12,16,20-22H,1,3,6,8-9,11,13-15H2,2,4H3. The van der Waals surface area contributed by atoms with Crippen LogP contribution in [0.25, 0.3) is 0 Å². The number of hydrogen-bond donors (Lipinski definition) is 0. The van der Waals surface area contributed by atoms with Gasteiger partial charge in [0.25, 0.3) is 0 Å². The quantitative estimate of drug-likeness (QED) is 0.547. The normalized spacial score (nSPS) is 32.7. The van der Waals surface area contributed by atoms with Crippen LogP contribution in [0.1, 0.15) is 68.6 Å². The predicted octanol–water partition coefficient (Wildman–Crippen LogP) is 6.46. The highest BCUT2D eigenvalue weighted by molar-refractivity contribution is 5.38. The summed E-state index contributed by atoms with van der Waals surface area (Å²) in [6.07, 6.45) is 13.2. The molecule has 0 spiro atoms. The molecular formula is C23H32. The van der Waals surface area contributed by atoms with Gasteiger partial charge in [-0.3, -0.25) is 0 Å². The Morgan fingerprint density at radius 1 is 1.26 bits per heavy atom. The van der Waals surface area contributed by atoms with Crippen LogP contribution in [0.2, 0.25) is 0 Å². The molecular weight excluding hydrogens is 276 g/mol. The summed E-state index contributed by atoms with van der Waals surface area (Å²) in [5.74, 6) is 2.44. The Morgan fingerprint density at radius 3 is 2.78 bits per heavy atom. The Bertz CT molecular complexity index is 582. The van der Waals surface area contributed by atoms with Gasteiger partial charge in [-0.1, -0.05) is 50.6 Å². The molecule has 0 radical (unpaired) electrons. The summed E-state index contributed by atoms with van der Waals surface area (Å²) in [6.45, 7) is 12.9. The molecule has 2 aliphatic rings. The third kappa shape index (κ3) is 2.93. The van der Waals surface area contributed by atoms with Gasteiger partial charge in [-0.05, 0) is 78.4 Å². The molecule has 4 unspecified atom stereocenters. The Balaban J connectivity index is 1.92. The lowest BCUT2D eigenvalue weighted by Gasteiger charge is -2.51. The number of allylic oxidation sites excluding steroid dienone is 2. The van der Waals surface area contributed by atoms with Crippen LogP contribution in [0.3, 0.4) is 0 Å². The van der Waals surface area contributed by atoms with Crippen molar-refractivity contribution in [1.82, 2.24) is 0 Å². The van der Waals surface area contributed by atoms with E-state index in [0.29, 0.717) is 5.41 Å². The lowest BCUT2D eigenvalue weighted by Crippen LogP contribution is -2.41. The van der Waals surface area contributed by atoms with Crippen LogP contribution in [-0.2, 0) is 12.8 Å². The van der Waals surface area contributed by atoms with Crippen LogP contribution in [0.5, 0.6) is 0 Å². The molecule has 1 aromatic carbocycles. The first kappa shape index (κ1) is 16.6. The third-order valence-corrected chi connectivity index (χ3v) is 6.67. The summed E-state index contributed by atoms with van der Waals surface area (Å²) in [5, 5.41) is 0. The van der Waals surface area contributed by atoms with Crippen molar-refractivity contribution in [2.45, 2.75) is 64.7 Å². The average Bonchev–Trinajstić information content (AvgIpc) is 2.57. The molecule has 0 aromatic heterocycles. The van der Waals surface area contributed by atoms with Gasteiger partial charge in [-0.25, -0.2) is 0 Å². The number of fused-ring (bicyclic) bond motifs is 3. The van der Waals surface area contributed by atoms with Crippen molar-refractivity contribution in [3.63, 3.8) is 0 Å². The number of benzene rings is 1. The summed E-state index contributed by atoms with van der Waals surface area (Å²) in [6, 6.07) is 7.22. The maximum atomic E-state index is 4.19. The fraction of sp³-hybridized carbons (Fsp3) is 0.565. The average molecular weight is 309 g/mol. The minimum atomic E-state index is 0.345. The molecule has 0 amide bonds. The van der Waals surface area contributed by atoms with E-state index in [4.69, 9.17) is 0 Å². The van der Waals surface area contributed by atoms with Gasteiger partial charge < -0.3 is 0 Å². The molecule has 0 N–H and O–H groups in total. The summed E-state index contributed by atoms with van der Waals surface area (Å²) in [4.78, 5) is 0. The van der Waals surface area contributed by atoms with Gasteiger partial charge in [0.05, 0.1) is 0 Å². The predicted molar refractivity (Wildman–Crippen MR) is 101 cm³/mol. The molecule has 0 heteroatoms. The fourth-order valence-corrected chi connectivity index (χ4v) is 5.39. The Hall–Kier alpha value is -1.30. The second-order valence-electron chi connectivity index (χ2n) is 7.98. The maximum absolute atomic E-state index is 4.19. The summed E-state index contributed by atoms with van der Waals surface area (Å²) >= 11 is 0. The molecule has 1 aromatic rings. The van der Waals surface area contributed by atoms with E-state index in [-0.39, 0.29) is 0 Å². The van der Waals surface area contributed by atoms with Gasteiger partial charge in [0.15, 0.2) is 0 Å². The number of rotatable bonds is 5. The minimum absolute atomic E-state index is 0.345. The van der Waals surface area contributed by atoms with Crippen molar-refractivity contribution in [1.29, 1.82) is 0 Å². The molecule has 4 atom stereocenters. The number of hydrogen-bond acceptors (Lipinski definition) is 0. The van der Waals surface area contributed by atoms with Crippen LogP contribution in [0.4, 0.5) is 0 Å². The van der Waals surface area contributed by atoms with E-state index in [0.717, 1.165) is 24.2 Å². The van der Waals surface area contributed by atoms with Gasteiger partial charge in [0, 0.05) is 0 Å². The second kappa shape index (κ2) is 6.67. The molecule has 124 valence electrons. The molecule has 0 aliphatic heterocycles. The van der Waals surface area contributed by atoms with E-state index in [9.17, 15) is 0 Å². The molecule has 0 bridgehead atoms. The second-order valence-corrected chi connectivity index (χ2v) is 7.98. The highest BCUT2D eigenvalue weighted by Crippen LogP contribution is 2.56. The van der Waals surface area contributed by atoms with E-state index >= 15 is 0 Å². The number of aryl methyl sites for hydroxylation is 1. The van der Waals surface area contributed by atoms with Crippen molar-refractivity contribution in [3.05, 3.63) is 60.2 Å². The highest BCUT2D eigenvalue weighted by atomic mass is 14.5.